The van der Waals surface area contributed by atoms with Gasteiger partial charge in [0, 0.05) is 31.3 Å². The van der Waals surface area contributed by atoms with E-state index in [4.69, 9.17) is 4.74 Å². The van der Waals surface area contributed by atoms with Crippen molar-refractivity contribution in [2.45, 2.75) is 19.4 Å². The Kier molecular flexibility index (Phi) is 5.36. The normalized spacial score (nSPS) is 13.5. The molecule has 0 atom stereocenters. The van der Waals surface area contributed by atoms with E-state index in [1.807, 2.05) is 29.2 Å². The highest BCUT2D eigenvalue weighted by Crippen LogP contribution is 2.31. The summed E-state index contributed by atoms with van der Waals surface area (Å²) in [7, 11) is 1.58. The molecule has 2 aromatic carbocycles. The summed E-state index contributed by atoms with van der Waals surface area (Å²) in [6, 6.07) is 12.0. The summed E-state index contributed by atoms with van der Waals surface area (Å²) in [6.07, 6.45) is 2.06. The van der Waals surface area contributed by atoms with Gasteiger partial charge in [0.1, 0.15) is 11.4 Å². The van der Waals surface area contributed by atoms with Crippen molar-refractivity contribution in [3.63, 3.8) is 0 Å². The number of carbonyl (C=O) groups is 1. The van der Waals surface area contributed by atoms with E-state index in [1.54, 1.807) is 19.2 Å². The monoisotopic (exact) mass is 355 g/mol. The molecule has 0 spiro atoms. The van der Waals surface area contributed by atoms with Gasteiger partial charge in [0.05, 0.1) is 12.0 Å². The minimum Gasteiger partial charge on any atom is -0.497 e. The summed E-state index contributed by atoms with van der Waals surface area (Å²) in [5.41, 5.74) is 1.72. The lowest BCUT2D eigenvalue weighted by molar-refractivity contribution is -0.384. The molecule has 7 heteroatoms. The predicted octanol–water partition coefficient (Wildman–Crippen LogP) is 3.13. The second-order valence-electron chi connectivity index (χ2n) is 6.19. The number of nitrogens with zero attached hydrogens (tertiary/aromatic N) is 2. The number of methoxy groups -OCH3 is 1. The van der Waals surface area contributed by atoms with Crippen LogP contribution in [0.15, 0.2) is 42.5 Å². The molecule has 26 heavy (non-hydrogen) atoms. The Balaban J connectivity index is 1.74. The summed E-state index contributed by atoms with van der Waals surface area (Å²) < 4.78 is 5.16. The Hall–Kier alpha value is -3.09. The molecule has 2 aromatic rings. The van der Waals surface area contributed by atoms with Crippen LogP contribution in [0.25, 0.3) is 0 Å². The number of carbonyl (C=O) groups excluding carboxylic acids is 1. The maximum atomic E-state index is 12.4. The number of anilines is 1. The molecule has 1 N–H and O–H groups in total. The van der Waals surface area contributed by atoms with Crippen LogP contribution in [-0.4, -0.2) is 31.0 Å². The maximum Gasteiger partial charge on any atom is 0.293 e. The summed E-state index contributed by atoms with van der Waals surface area (Å²) in [4.78, 5) is 25.4. The van der Waals surface area contributed by atoms with E-state index in [9.17, 15) is 14.9 Å². The van der Waals surface area contributed by atoms with E-state index in [0.717, 1.165) is 31.5 Å². The van der Waals surface area contributed by atoms with Crippen LogP contribution in [0, 0.1) is 10.1 Å². The molecule has 7 nitrogen and oxygen atoms in total. The first-order chi connectivity index (χ1) is 12.6. The first-order valence-electron chi connectivity index (χ1n) is 8.53. The second-order valence-corrected chi connectivity index (χ2v) is 6.19. The molecule has 1 fully saturated rings. The Morgan fingerprint density at radius 3 is 2.69 bits per heavy atom. The van der Waals surface area contributed by atoms with Crippen molar-refractivity contribution in [3.05, 3.63) is 63.7 Å². The summed E-state index contributed by atoms with van der Waals surface area (Å²) in [6.45, 7) is 1.93. The Labute approximate surface area is 151 Å². The summed E-state index contributed by atoms with van der Waals surface area (Å²) >= 11 is 0. The van der Waals surface area contributed by atoms with Gasteiger partial charge in [-0.1, -0.05) is 12.1 Å². The second kappa shape index (κ2) is 7.86. The van der Waals surface area contributed by atoms with Crippen molar-refractivity contribution in [1.29, 1.82) is 0 Å². The Bertz CT molecular complexity index is 816. The lowest BCUT2D eigenvalue weighted by atomic mass is 10.1. The zero-order chi connectivity index (χ0) is 18.5. The topological polar surface area (TPSA) is 84.7 Å². The molecule has 0 bridgehead atoms. The van der Waals surface area contributed by atoms with Gasteiger partial charge in [0.15, 0.2) is 0 Å². The molecule has 1 saturated heterocycles. The van der Waals surface area contributed by atoms with Gasteiger partial charge in [0.25, 0.3) is 11.6 Å². The molecule has 0 aromatic heterocycles. The maximum absolute atomic E-state index is 12.4. The molecule has 1 amide bonds. The number of rotatable bonds is 6. The number of amides is 1. The van der Waals surface area contributed by atoms with Gasteiger partial charge in [-0.15, -0.1) is 0 Å². The molecule has 1 aliphatic heterocycles. The minimum atomic E-state index is -0.424. The number of hydrogen-bond acceptors (Lipinski definition) is 5. The van der Waals surface area contributed by atoms with Crippen LogP contribution < -0.4 is 15.0 Å². The molecular weight excluding hydrogens is 334 g/mol. The zero-order valence-corrected chi connectivity index (χ0v) is 14.6. The number of ether oxygens (including phenoxy) is 1. The number of hydrogen-bond donors (Lipinski definition) is 1. The summed E-state index contributed by atoms with van der Waals surface area (Å²) in [5, 5.41) is 14.2. The van der Waals surface area contributed by atoms with E-state index in [1.165, 1.54) is 6.07 Å². The van der Waals surface area contributed by atoms with E-state index in [0.29, 0.717) is 18.0 Å². The number of benzene rings is 2. The minimum absolute atomic E-state index is 0.0269. The van der Waals surface area contributed by atoms with Gasteiger partial charge in [-0.05, 0) is 42.7 Å². The van der Waals surface area contributed by atoms with Gasteiger partial charge >= 0.3 is 0 Å². The van der Waals surface area contributed by atoms with Crippen molar-refractivity contribution >= 4 is 17.3 Å². The van der Waals surface area contributed by atoms with E-state index >= 15 is 0 Å². The third-order valence-electron chi connectivity index (χ3n) is 4.47. The molecule has 1 aliphatic rings. The van der Waals surface area contributed by atoms with Crippen LogP contribution in [0.5, 0.6) is 5.75 Å². The Morgan fingerprint density at radius 1 is 1.23 bits per heavy atom. The van der Waals surface area contributed by atoms with Crippen molar-refractivity contribution < 1.29 is 14.5 Å². The van der Waals surface area contributed by atoms with Crippen LogP contribution in [0.2, 0.25) is 0 Å². The van der Waals surface area contributed by atoms with Gasteiger partial charge in [-0.3, -0.25) is 14.9 Å². The lowest BCUT2D eigenvalue weighted by Gasteiger charge is -2.17. The largest absolute Gasteiger partial charge is 0.497 e. The number of nitrogens with one attached hydrogen (secondary N) is 1. The highest BCUT2D eigenvalue weighted by molar-refractivity contribution is 5.95. The molecule has 0 aliphatic carbocycles. The fraction of sp³-hybridized carbons (Fsp3) is 0.316. The van der Waals surface area contributed by atoms with E-state index in [2.05, 4.69) is 5.32 Å². The van der Waals surface area contributed by atoms with Gasteiger partial charge in [-0.25, -0.2) is 0 Å². The Morgan fingerprint density at radius 2 is 2.00 bits per heavy atom. The van der Waals surface area contributed by atoms with Crippen molar-refractivity contribution in [2.75, 3.05) is 25.1 Å². The van der Waals surface area contributed by atoms with Gasteiger partial charge in [0.2, 0.25) is 0 Å². The SMILES string of the molecule is COc1cccc(CNC(=O)c2ccc(N3CCCC3)c([N+](=O)[O-])c2)c1. The molecule has 0 saturated carbocycles. The molecule has 0 unspecified atom stereocenters. The van der Waals surface area contributed by atoms with Crippen LogP contribution in [0.4, 0.5) is 11.4 Å². The third-order valence-corrected chi connectivity index (χ3v) is 4.47. The van der Waals surface area contributed by atoms with Crippen molar-refractivity contribution in [2.24, 2.45) is 0 Å². The van der Waals surface area contributed by atoms with Gasteiger partial charge in [-0.2, -0.15) is 0 Å². The zero-order valence-electron chi connectivity index (χ0n) is 14.6. The number of nitro benzene ring substituents is 1. The molecule has 136 valence electrons. The molecule has 1 heterocycles. The molecule has 0 radical (unpaired) electrons. The predicted molar refractivity (Wildman–Crippen MR) is 98.7 cm³/mol. The first-order valence-corrected chi connectivity index (χ1v) is 8.53. The highest BCUT2D eigenvalue weighted by Gasteiger charge is 2.23. The molecular formula is C19H21N3O4. The van der Waals surface area contributed by atoms with Gasteiger partial charge < -0.3 is 15.0 Å². The molecule has 3 rings (SSSR count). The summed E-state index contributed by atoms with van der Waals surface area (Å²) in [5.74, 6) is 0.367. The lowest BCUT2D eigenvalue weighted by Crippen LogP contribution is -2.24. The van der Waals surface area contributed by atoms with Crippen molar-refractivity contribution in [1.82, 2.24) is 5.32 Å². The average Bonchev–Trinajstić information content (AvgIpc) is 3.20. The third kappa shape index (κ3) is 3.93. The smallest absolute Gasteiger partial charge is 0.293 e. The van der Waals surface area contributed by atoms with Crippen molar-refractivity contribution in [3.8, 4) is 5.75 Å². The number of nitro groups is 1. The fourth-order valence-electron chi connectivity index (χ4n) is 3.10. The van der Waals surface area contributed by atoms with Crippen LogP contribution in [0.1, 0.15) is 28.8 Å². The van der Waals surface area contributed by atoms with Crippen LogP contribution >= 0.6 is 0 Å². The van der Waals surface area contributed by atoms with E-state index in [-0.39, 0.29) is 17.2 Å². The first kappa shape index (κ1) is 17.7. The average molecular weight is 355 g/mol. The van der Waals surface area contributed by atoms with Crippen LogP contribution in [0.3, 0.4) is 0 Å². The fourth-order valence-corrected chi connectivity index (χ4v) is 3.10. The van der Waals surface area contributed by atoms with E-state index < -0.39 is 4.92 Å². The highest BCUT2D eigenvalue weighted by atomic mass is 16.6. The quantitative estimate of drug-likeness (QED) is 0.636. The standard InChI is InChI=1S/C19H21N3O4/c1-26-16-6-4-5-14(11-16)13-20-19(23)15-7-8-17(18(12-15)22(24)25)21-9-2-3-10-21/h4-8,11-12H,2-3,9-10,13H2,1H3,(H,20,23). The van der Waals surface area contributed by atoms with Crippen LogP contribution in [-0.2, 0) is 6.54 Å².